The highest BCUT2D eigenvalue weighted by molar-refractivity contribution is 7.88. The van der Waals surface area contributed by atoms with Crippen LogP contribution in [0.25, 0.3) is 11.0 Å². The summed E-state index contributed by atoms with van der Waals surface area (Å²) < 4.78 is 29.7. The molecule has 0 aliphatic rings. The third-order valence-electron chi connectivity index (χ3n) is 2.85. The van der Waals surface area contributed by atoms with Crippen LogP contribution in [0.3, 0.4) is 0 Å². The van der Waals surface area contributed by atoms with Crippen molar-refractivity contribution in [1.82, 2.24) is 10.0 Å². The molecule has 2 rings (SSSR count). The van der Waals surface area contributed by atoms with Crippen molar-refractivity contribution < 1.29 is 12.8 Å². The van der Waals surface area contributed by atoms with Crippen LogP contribution in [-0.4, -0.2) is 27.8 Å². The predicted molar refractivity (Wildman–Crippen MR) is 80.4 cm³/mol. The first-order chi connectivity index (χ1) is 9.47. The maximum absolute atomic E-state index is 10.9. The number of sulfonamides is 1. The molecular weight excluding hydrogens is 300 g/mol. The summed E-state index contributed by atoms with van der Waals surface area (Å²) in [6, 6.07) is 7.68. The van der Waals surface area contributed by atoms with Gasteiger partial charge in [-0.1, -0.05) is 18.2 Å². The van der Waals surface area contributed by atoms with Crippen molar-refractivity contribution in [1.29, 1.82) is 0 Å². The highest BCUT2D eigenvalue weighted by Crippen LogP contribution is 2.29. The third-order valence-corrected chi connectivity index (χ3v) is 3.88. The van der Waals surface area contributed by atoms with E-state index < -0.39 is 10.0 Å². The predicted octanol–water partition coefficient (Wildman–Crippen LogP) is 2.12. The van der Waals surface area contributed by atoms with Crippen molar-refractivity contribution in [2.24, 2.45) is 0 Å². The molecule has 0 spiro atoms. The molecule has 0 radical (unpaired) electrons. The van der Waals surface area contributed by atoms with E-state index in [1.165, 1.54) is 0 Å². The number of benzene rings is 1. The van der Waals surface area contributed by atoms with Crippen LogP contribution in [0.4, 0.5) is 0 Å². The molecule has 0 unspecified atom stereocenters. The monoisotopic (exact) mass is 316 g/mol. The Morgan fingerprint density at radius 2 is 2.00 bits per heavy atom. The molecule has 0 aliphatic carbocycles. The molecule has 1 heterocycles. The highest BCUT2D eigenvalue weighted by Gasteiger charge is 2.11. The Labute approximate surface area is 123 Å². The fourth-order valence-corrected chi connectivity index (χ4v) is 2.68. The van der Waals surface area contributed by atoms with Gasteiger partial charge in [0.15, 0.2) is 5.22 Å². The molecule has 0 saturated heterocycles. The summed E-state index contributed by atoms with van der Waals surface area (Å²) in [4.78, 5) is 0. The number of hydrogen-bond acceptors (Lipinski definition) is 4. The zero-order valence-corrected chi connectivity index (χ0v) is 12.7. The lowest BCUT2D eigenvalue weighted by atomic mass is 10.2. The molecule has 0 aliphatic heterocycles. The number of para-hydroxylation sites is 1. The van der Waals surface area contributed by atoms with E-state index in [2.05, 4.69) is 10.0 Å². The molecule has 20 heavy (non-hydrogen) atoms. The first kappa shape index (κ1) is 15.3. The lowest BCUT2D eigenvalue weighted by molar-refractivity contribution is 0.577. The summed E-state index contributed by atoms with van der Waals surface area (Å²) in [5, 5.41) is 4.62. The first-order valence-corrected chi connectivity index (χ1v) is 8.55. The fraction of sp³-hybridized carbons (Fsp3) is 0.385. The second-order valence-corrected chi connectivity index (χ2v) is 6.72. The molecule has 5 nitrogen and oxygen atoms in total. The van der Waals surface area contributed by atoms with Gasteiger partial charge in [-0.15, -0.1) is 0 Å². The molecule has 2 aromatic rings. The Bertz CT molecular complexity index is 682. The number of rotatable bonds is 7. The van der Waals surface area contributed by atoms with Crippen LogP contribution in [0.5, 0.6) is 0 Å². The van der Waals surface area contributed by atoms with Gasteiger partial charge in [0.05, 0.1) is 6.26 Å². The Morgan fingerprint density at radius 3 is 2.75 bits per heavy atom. The smallest absolute Gasteiger partial charge is 0.208 e. The van der Waals surface area contributed by atoms with Crippen LogP contribution < -0.4 is 10.0 Å². The van der Waals surface area contributed by atoms with Gasteiger partial charge in [-0.25, -0.2) is 13.1 Å². The summed E-state index contributed by atoms with van der Waals surface area (Å²) in [7, 11) is -3.10. The summed E-state index contributed by atoms with van der Waals surface area (Å²) in [5.41, 5.74) is 1.70. The van der Waals surface area contributed by atoms with E-state index in [0.29, 0.717) is 31.3 Å². The van der Waals surface area contributed by atoms with Gasteiger partial charge < -0.3 is 9.73 Å². The van der Waals surface area contributed by atoms with Crippen LogP contribution in [0.2, 0.25) is 5.22 Å². The van der Waals surface area contributed by atoms with Crippen molar-refractivity contribution >= 4 is 32.6 Å². The minimum Gasteiger partial charge on any atom is -0.444 e. The van der Waals surface area contributed by atoms with E-state index in [0.717, 1.165) is 22.8 Å². The van der Waals surface area contributed by atoms with Gasteiger partial charge in [0.1, 0.15) is 5.58 Å². The third kappa shape index (κ3) is 4.21. The van der Waals surface area contributed by atoms with Gasteiger partial charge in [0, 0.05) is 24.0 Å². The zero-order chi connectivity index (χ0) is 14.6. The maximum Gasteiger partial charge on any atom is 0.208 e. The molecular formula is C13H17ClN2O3S. The van der Waals surface area contributed by atoms with Gasteiger partial charge in [-0.3, -0.25) is 0 Å². The first-order valence-electron chi connectivity index (χ1n) is 6.28. The molecule has 0 atom stereocenters. The van der Waals surface area contributed by atoms with Crippen molar-refractivity contribution in [3.63, 3.8) is 0 Å². The standard InChI is InChI=1S/C13H17ClN2O3S/c1-20(17,18)16-8-4-7-15-9-11-10-5-2-3-6-12(10)19-13(11)14/h2-3,5-6,15-16H,4,7-9H2,1H3. The molecule has 0 bridgehead atoms. The van der Waals surface area contributed by atoms with Gasteiger partial charge in [-0.2, -0.15) is 0 Å². The molecule has 1 aromatic carbocycles. The number of hydrogen-bond donors (Lipinski definition) is 2. The van der Waals surface area contributed by atoms with Crippen LogP contribution in [0.15, 0.2) is 28.7 Å². The highest BCUT2D eigenvalue weighted by atomic mass is 35.5. The SMILES string of the molecule is CS(=O)(=O)NCCCNCc1c(Cl)oc2ccccc12. The van der Waals surface area contributed by atoms with Crippen LogP contribution in [-0.2, 0) is 16.6 Å². The molecule has 0 fully saturated rings. The van der Waals surface area contributed by atoms with Crippen LogP contribution in [0.1, 0.15) is 12.0 Å². The molecule has 1 aromatic heterocycles. The van der Waals surface area contributed by atoms with Crippen molar-refractivity contribution in [2.75, 3.05) is 19.3 Å². The van der Waals surface area contributed by atoms with Crippen molar-refractivity contribution in [2.45, 2.75) is 13.0 Å². The normalized spacial score (nSPS) is 12.1. The Kier molecular flexibility index (Phi) is 5.04. The van der Waals surface area contributed by atoms with Crippen LogP contribution >= 0.6 is 11.6 Å². The molecule has 2 N–H and O–H groups in total. The van der Waals surface area contributed by atoms with E-state index in [-0.39, 0.29) is 0 Å². The van der Waals surface area contributed by atoms with Gasteiger partial charge >= 0.3 is 0 Å². The van der Waals surface area contributed by atoms with E-state index in [4.69, 9.17) is 16.0 Å². The lowest BCUT2D eigenvalue weighted by Gasteiger charge is -2.04. The Morgan fingerprint density at radius 1 is 1.25 bits per heavy atom. The van der Waals surface area contributed by atoms with E-state index in [9.17, 15) is 8.42 Å². The quantitative estimate of drug-likeness (QED) is 0.768. The van der Waals surface area contributed by atoms with Gasteiger partial charge in [-0.05, 0) is 30.6 Å². The lowest BCUT2D eigenvalue weighted by Crippen LogP contribution is -2.26. The second kappa shape index (κ2) is 6.58. The number of fused-ring (bicyclic) bond motifs is 1. The second-order valence-electron chi connectivity index (χ2n) is 4.55. The summed E-state index contributed by atoms with van der Waals surface area (Å²) in [6.07, 6.45) is 1.86. The topological polar surface area (TPSA) is 71.3 Å². The van der Waals surface area contributed by atoms with E-state index in [1.54, 1.807) is 0 Å². The van der Waals surface area contributed by atoms with Crippen molar-refractivity contribution in [3.05, 3.63) is 35.0 Å². The minimum atomic E-state index is -3.10. The van der Waals surface area contributed by atoms with Crippen LogP contribution in [0, 0.1) is 0 Å². The molecule has 0 saturated carbocycles. The number of halogens is 1. The average Bonchev–Trinajstić information content (AvgIpc) is 2.68. The Hall–Kier alpha value is -1.08. The summed E-state index contributed by atoms with van der Waals surface area (Å²) in [6.45, 7) is 1.71. The van der Waals surface area contributed by atoms with E-state index in [1.807, 2.05) is 24.3 Å². The largest absolute Gasteiger partial charge is 0.444 e. The summed E-state index contributed by atoms with van der Waals surface area (Å²) >= 11 is 6.07. The summed E-state index contributed by atoms with van der Waals surface area (Å²) in [5.74, 6) is 0. The zero-order valence-electron chi connectivity index (χ0n) is 11.1. The van der Waals surface area contributed by atoms with Gasteiger partial charge in [0.2, 0.25) is 10.0 Å². The number of furan rings is 1. The Balaban J connectivity index is 1.83. The minimum absolute atomic E-state index is 0.396. The fourth-order valence-electron chi connectivity index (χ4n) is 1.92. The van der Waals surface area contributed by atoms with E-state index >= 15 is 0 Å². The molecule has 7 heteroatoms. The van der Waals surface area contributed by atoms with Gasteiger partial charge in [0.25, 0.3) is 0 Å². The molecule has 0 amide bonds. The molecule has 110 valence electrons. The average molecular weight is 317 g/mol. The van der Waals surface area contributed by atoms with Crippen molar-refractivity contribution in [3.8, 4) is 0 Å². The number of nitrogens with one attached hydrogen (secondary N) is 2. The maximum atomic E-state index is 10.9.